The molecule has 3 fully saturated rings. The van der Waals surface area contributed by atoms with Crippen LogP contribution in [0.3, 0.4) is 0 Å². The molecule has 6 atom stereocenters. The SMILES string of the molecule is CCn1c(-c2cnccc2COC)c2c3cc(ccc31)-c1cc(O)cc(c1)C[C@H](NC(=O)[C@H](C(C)C)N(C)C(=O)[C@@H]1NC[C@@H]3C[C@@H]31)C(=O)N1CCC[C@H](N1)C(=O)OCC(C)(C)C2. The molecule has 62 heavy (non-hydrogen) atoms. The van der Waals surface area contributed by atoms with E-state index in [0.717, 1.165) is 57.4 Å². The molecule has 0 radical (unpaired) electrons. The third-order valence-electron chi connectivity index (χ3n) is 13.2. The lowest BCUT2D eigenvalue weighted by Crippen LogP contribution is -2.62. The van der Waals surface area contributed by atoms with Gasteiger partial charge >= 0.3 is 5.97 Å². The van der Waals surface area contributed by atoms with Gasteiger partial charge in [-0.2, -0.15) is 0 Å². The molecule has 14 nitrogen and oxygen atoms in total. The largest absolute Gasteiger partial charge is 0.508 e. The van der Waals surface area contributed by atoms with Gasteiger partial charge in [0, 0.05) is 67.9 Å². The number of hydrogen-bond acceptors (Lipinski definition) is 10. The van der Waals surface area contributed by atoms with Crippen molar-refractivity contribution in [3.63, 3.8) is 0 Å². The van der Waals surface area contributed by atoms with Crippen LogP contribution in [-0.2, 0) is 54.6 Å². The van der Waals surface area contributed by atoms with Crippen LogP contribution in [0.5, 0.6) is 5.75 Å². The highest BCUT2D eigenvalue weighted by Crippen LogP contribution is 2.46. The van der Waals surface area contributed by atoms with Crippen LogP contribution < -0.4 is 16.1 Å². The molecule has 0 unspecified atom stereocenters. The number of piperidine rings is 1. The summed E-state index contributed by atoms with van der Waals surface area (Å²) < 4.78 is 14.0. The zero-order chi connectivity index (χ0) is 44.0. The van der Waals surface area contributed by atoms with Crippen LogP contribution in [-0.4, -0.2) is 106 Å². The Hall–Kier alpha value is -5.31. The number of fused-ring (bicyclic) bond motifs is 7. The van der Waals surface area contributed by atoms with E-state index in [1.807, 2.05) is 38.2 Å². The third kappa shape index (κ3) is 8.56. The van der Waals surface area contributed by atoms with Crippen molar-refractivity contribution in [3.05, 3.63) is 71.5 Å². The number of amides is 3. The lowest BCUT2D eigenvalue weighted by molar-refractivity contribution is -0.155. The van der Waals surface area contributed by atoms with Gasteiger partial charge in [0.1, 0.15) is 23.9 Å². The topological polar surface area (TPSA) is 167 Å². The first kappa shape index (κ1) is 43.3. The minimum absolute atomic E-state index is 0.0176. The van der Waals surface area contributed by atoms with Crippen molar-refractivity contribution in [2.24, 2.45) is 23.2 Å². The maximum Gasteiger partial charge on any atom is 0.324 e. The zero-order valence-corrected chi connectivity index (χ0v) is 37.0. The van der Waals surface area contributed by atoms with Crippen LogP contribution in [0.15, 0.2) is 54.9 Å². The normalized spacial score (nSPS) is 24.0. The number of carbonyl (C=O) groups is 4. The van der Waals surface area contributed by atoms with E-state index in [1.54, 1.807) is 32.5 Å². The van der Waals surface area contributed by atoms with Gasteiger partial charge in [-0.15, -0.1) is 0 Å². The first-order valence-electron chi connectivity index (χ1n) is 22.1. The molecular formula is C48H61N7O7. The molecule has 5 heterocycles. The summed E-state index contributed by atoms with van der Waals surface area (Å²) in [6.07, 6.45) is 6.28. The van der Waals surface area contributed by atoms with Gasteiger partial charge in [-0.05, 0) is 115 Å². The maximum atomic E-state index is 14.6. The molecular weight excluding hydrogens is 787 g/mol. The van der Waals surface area contributed by atoms with Gasteiger partial charge in [-0.25, -0.2) is 5.43 Å². The molecule has 1 saturated carbocycles. The van der Waals surface area contributed by atoms with Crippen molar-refractivity contribution in [1.82, 2.24) is 35.5 Å². The number of rotatable bonds is 9. The van der Waals surface area contributed by atoms with Crippen LogP contribution in [0.4, 0.5) is 0 Å². The second-order valence-corrected chi connectivity index (χ2v) is 18.9. The van der Waals surface area contributed by atoms with Crippen molar-refractivity contribution in [2.75, 3.05) is 33.9 Å². The summed E-state index contributed by atoms with van der Waals surface area (Å²) in [5.41, 5.74) is 9.95. The number of phenolic OH excluding ortho intramolecular Hbond substituents is 1. The number of nitrogens with one attached hydrogen (secondary N) is 3. The Labute approximate surface area is 363 Å². The minimum Gasteiger partial charge on any atom is -0.508 e. The van der Waals surface area contributed by atoms with Gasteiger partial charge < -0.3 is 34.7 Å². The van der Waals surface area contributed by atoms with Crippen LogP contribution >= 0.6 is 0 Å². The molecule has 0 spiro atoms. The summed E-state index contributed by atoms with van der Waals surface area (Å²) in [5.74, 6) is -0.914. The quantitative estimate of drug-likeness (QED) is 0.169. The molecule has 3 aliphatic heterocycles. The minimum atomic E-state index is -1.10. The van der Waals surface area contributed by atoms with Gasteiger partial charge in [-0.1, -0.05) is 39.8 Å². The second-order valence-electron chi connectivity index (χ2n) is 18.9. The number of cyclic esters (lactones) is 1. The first-order valence-corrected chi connectivity index (χ1v) is 22.1. The standard InChI is InChI=1S/C48H61N7O7/c1-8-54-40-12-11-29-20-35(40)36(43(54)37-24-49-14-13-30(37)25-61-7)22-48(4,5)26-62-47(60)38-10-9-15-55(52-38)45(58)39(18-28-16-31(29)19-33(56)17-28)51-44(57)42(27(2)3)53(6)46(59)41-34-21-32(34)23-50-41/h11-14,16-17,19-20,24,27,32,34,38-39,41-42,50,52,56H,8-10,15,18,21-23,25-26H2,1-7H3,(H,51,57)/t32-,34-,38-,39-,41+,42-/m0/s1. The molecule has 4 N–H and O–H groups in total. The van der Waals surface area contributed by atoms with Crippen molar-refractivity contribution in [3.8, 4) is 28.1 Å². The predicted molar refractivity (Wildman–Crippen MR) is 235 cm³/mol. The smallest absolute Gasteiger partial charge is 0.324 e. The van der Waals surface area contributed by atoms with Crippen molar-refractivity contribution < 1.29 is 33.8 Å². The Morgan fingerprint density at radius 1 is 1.13 bits per heavy atom. The van der Waals surface area contributed by atoms with E-state index in [1.165, 1.54) is 9.91 Å². The average Bonchev–Trinajstić information content (AvgIpc) is 3.80. The summed E-state index contributed by atoms with van der Waals surface area (Å²) in [6, 6.07) is 10.5. The van der Waals surface area contributed by atoms with E-state index in [4.69, 9.17) is 9.47 Å². The van der Waals surface area contributed by atoms with E-state index in [9.17, 15) is 24.3 Å². The fourth-order valence-corrected chi connectivity index (χ4v) is 10.1. The van der Waals surface area contributed by atoms with Crippen LogP contribution in [0.25, 0.3) is 33.3 Å². The molecule has 2 aromatic heterocycles. The van der Waals surface area contributed by atoms with E-state index >= 15 is 0 Å². The predicted octanol–water partition coefficient (Wildman–Crippen LogP) is 4.98. The van der Waals surface area contributed by atoms with Crippen molar-refractivity contribution in [1.29, 1.82) is 0 Å². The Kier molecular flexibility index (Phi) is 12.2. The summed E-state index contributed by atoms with van der Waals surface area (Å²) in [7, 11) is 3.34. The number of hydrazine groups is 1. The lowest BCUT2D eigenvalue weighted by atomic mass is 9.84. The molecule has 330 valence electrons. The monoisotopic (exact) mass is 847 g/mol. The van der Waals surface area contributed by atoms with E-state index in [0.29, 0.717) is 50.4 Å². The number of phenols is 1. The lowest BCUT2D eigenvalue weighted by Gasteiger charge is -2.37. The van der Waals surface area contributed by atoms with Gasteiger partial charge in [0.25, 0.3) is 5.91 Å². The highest BCUT2D eigenvalue weighted by atomic mass is 16.5. The van der Waals surface area contributed by atoms with Crippen molar-refractivity contribution >= 4 is 34.6 Å². The number of methoxy groups -OCH3 is 1. The second kappa shape index (κ2) is 17.5. The highest BCUT2D eigenvalue weighted by molar-refractivity contribution is 5.96. The summed E-state index contributed by atoms with van der Waals surface area (Å²) in [5, 5.41) is 20.1. The maximum absolute atomic E-state index is 14.6. The first-order chi connectivity index (χ1) is 29.7. The van der Waals surface area contributed by atoms with Gasteiger partial charge in [0.15, 0.2) is 0 Å². The number of aryl methyl sites for hydroxylation is 1. The number of aromatic nitrogens is 2. The fraction of sp³-hybridized carbons (Fsp3) is 0.521. The molecule has 2 aromatic carbocycles. The van der Waals surface area contributed by atoms with Crippen molar-refractivity contribution in [2.45, 2.75) is 104 Å². The van der Waals surface area contributed by atoms with Crippen LogP contribution in [0, 0.1) is 23.2 Å². The molecule has 3 amide bonds. The van der Waals surface area contributed by atoms with Crippen LogP contribution in [0.1, 0.15) is 70.6 Å². The Morgan fingerprint density at radius 3 is 2.65 bits per heavy atom. The molecule has 6 bridgehead atoms. The number of hydrogen-bond donors (Lipinski definition) is 4. The van der Waals surface area contributed by atoms with Gasteiger partial charge in [-0.3, -0.25) is 29.2 Å². The average molecular weight is 848 g/mol. The molecule has 8 rings (SSSR count). The Bertz CT molecular complexity index is 2370. The molecule has 4 aromatic rings. The summed E-state index contributed by atoms with van der Waals surface area (Å²) >= 11 is 0. The zero-order valence-electron chi connectivity index (χ0n) is 37.0. The summed E-state index contributed by atoms with van der Waals surface area (Å²) in [6.45, 7) is 12.4. The van der Waals surface area contributed by atoms with E-state index in [-0.39, 0.29) is 42.6 Å². The number of carbonyl (C=O) groups excluding carboxylic acids is 4. The number of pyridine rings is 1. The molecule has 14 heteroatoms. The number of nitrogens with zero attached hydrogens (tertiary/aromatic N) is 4. The third-order valence-corrected chi connectivity index (χ3v) is 13.2. The number of aromatic hydroxyl groups is 1. The van der Waals surface area contributed by atoms with Gasteiger partial charge in [0.2, 0.25) is 11.8 Å². The molecule has 2 saturated heterocycles. The number of benzene rings is 2. The Balaban J connectivity index is 1.21. The van der Waals surface area contributed by atoms with Crippen LogP contribution in [0.2, 0.25) is 0 Å². The molecule has 4 aliphatic rings. The van der Waals surface area contributed by atoms with E-state index in [2.05, 4.69) is 58.5 Å². The fourth-order valence-electron chi connectivity index (χ4n) is 10.1. The number of esters is 1. The van der Waals surface area contributed by atoms with E-state index < -0.39 is 41.3 Å². The number of likely N-dealkylation sites (N-methyl/N-ethyl adjacent to an activating group) is 1. The number of ether oxygens (including phenoxy) is 2. The van der Waals surface area contributed by atoms with Gasteiger partial charge in [0.05, 0.1) is 24.9 Å². The molecule has 1 aliphatic carbocycles. The summed E-state index contributed by atoms with van der Waals surface area (Å²) in [4.78, 5) is 62.8. The Morgan fingerprint density at radius 2 is 1.94 bits per heavy atom. The highest BCUT2D eigenvalue weighted by Gasteiger charge is 2.52.